The zero-order valence-corrected chi connectivity index (χ0v) is 16.9. The summed E-state index contributed by atoms with van der Waals surface area (Å²) in [5.41, 5.74) is 3.60. The van der Waals surface area contributed by atoms with Gasteiger partial charge in [0.1, 0.15) is 12.4 Å². The summed E-state index contributed by atoms with van der Waals surface area (Å²) in [5, 5.41) is 0. The van der Waals surface area contributed by atoms with Crippen molar-refractivity contribution in [1.82, 2.24) is 4.57 Å². The van der Waals surface area contributed by atoms with Gasteiger partial charge in [0.05, 0.1) is 13.2 Å². The van der Waals surface area contributed by atoms with Crippen LogP contribution in [0.25, 0.3) is 0 Å². The van der Waals surface area contributed by atoms with Crippen molar-refractivity contribution < 1.29 is 19.0 Å². The van der Waals surface area contributed by atoms with Gasteiger partial charge in [0.2, 0.25) is 0 Å². The lowest BCUT2D eigenvalue weighted by atomic mass is 10.1. The predicted molar refractivity (Wildman–Crippen MR) is 106 cm³/mol. The highest BCUT2D eigenvalue weighted by Crippen LogP contribution is 2.16. The number of carbonyl (C=O) groups is 1. The molecular weight excluding hydrogens is 342 g/mol. The fourth-order valence-corrected chi connectivity index (χ4v) is 3.09. The minimum Gasteiger partial charge on any atom is -0.492 e. The van der Waals surface area contributed by atoms with Crippen molar-refractivity contribution in [3.63, 3.8) is 0 Å². The Morgan fingerprint density at radius 2 is 1.78 bits per heavy atom. The number of aromatic nitrogens is 1. The molecule has 1 atom stereocenters. The Morgan fingerprint density at radius 3 is 2.41 bits per heavy atom. The van der Waals surface area contributed by atoms with E-state index >= 15 is 0 Å². The average molecular weight is 373 g/mol. The van der Waals surface area contributed by atoms with Crippen LogP contribution in [0.2, 0.25) is 0 Å². The lowest BCUT2D eigenvalue weighted by Crippen LogP contribution is -2.28. The van der Waals surface area contributed by atoms with Gasteiger partial charge in [-0.1, -0.05) is 19.1 Å². The minimum absolute atomic E-state index is 0.312. The second kappa shape index (κ2) is 10.8. The van der Waals surface area contributed by atoms with E-state index in [9.17, 15) is 4.79 Å². The Hall–Kier alpha value is -2.27. The Labute approximate surface area is 162 Å². The molecule has 5 nitrogen and oxygen atoms in total. The highest BCUT2D eigenvalue weighted by atomic mass is 16.6. The Balaban J connectivity index is 1.88. The van der Waals surface area contributed by atoms with Crippen LogP contribution in [-0.2, 0) is 33.7 Å². The standard InChI is InChI=1S/C22H31NO4/c1-5-19-11-8-17(4)23(19)14-15-27-20-12-9-18(10-13-20)16-21(25-6-2)22(24)26-7-3/h8-13,21H,5-7,14-16H2,1-4H3/t21-/m0/s1. The Kier molecular flexibility index (Phi) is 8.40. The molecule has 0 amide bonds. The van der Waals surface area contributed by atoms with Crippen molar-refractivity contribution in [3.05, 3.63) is 53.3 Å². The van der Waals surface area contributed by atoms with E-state index in [1.54, 1.807) is 6.92 Å². The molecule has 0 aliphatic rings. The zero-order valence-electron chi connectivity index (χ0n) is 16.9. The summed E-state index contributed by atoms with van der Waals surface area (Å²) >= 11 is 0. The fraction of sp³-hybridized carbons (Fsp3) is 0.500. The van der Waals surface area contributed by atoms with E-state index in [1.807, 2.05) is 31.2 Å². The Morgan fingerprint density at radius 1 is 1.04 bits per heavy atom. The van der Waals surface area contributed by atoms with Crippen molar-refractivity contribution in [2.45, 2.75) is 53.2 Å². The molecule has 0 fully saturated rings. The van der Waals surface area contributed by atoms with Crippen LogP contribution >= 0.6 is 0 Å². The van der Waals surface area contributed by atoms with Gasteiger partial charge in [0, 0.05) is 24.4 Å². The van der Waals surface area contributed by atoms with Crippen LogP contribution in [0, 0.1) is 6.92 Å². The van der Waals surface area contributed by atoms with Crippen LogP contribution in [0.4, 0.5) is 0 Å². The first-order valence-electron chi connectivity index (χ1n) is 9.73. The first-order chi connectivity index (χ1) is 13.1. The van der Waals surface area contributed by atoms with Gasteiger partial charge in [-0.3, -0.25) is 0 Å². The molecule has 1 aromatic carbocycles. The molecule has 0 saturated heterocycles. The quantitative estimate of drug-likeness (QED) is 0.560. The van der Waals surface area contributed by atoms with Gasteiger partial charge in [0.15, 0.2) is 6.10 Å². The second-order valence-corrected chi connectivity index (χ2v) is 6.36. The lowest BCUT2D eigenvalue weighted by molar-refractivity contribution is -0.156. The van der Waals surface area contributed by atoms with E-state index in [1.165, 1.54) is 11.4 Å². The molecule has 27 heavy (non-hydrogen) atoms. The van der Waals surface area contributed by atoms with Crippen molar-refractivity contribution in [3.8, 4) is 5.75 Å². The molecule has 0 unspecified atom stereocenters. The van der Waals surface area contributed by atoms with Gasteiger partial charge in [-0.15, -0.1) is 0 Å². The van der Waals surface area contributed by atoms with Crippen molar-refractivity contribution in [1.29, 1.82) is 0 Å². The maximum absolute atomic E-state index is 12.0. The van der Waals surface area contributed by atoms with Crippen molar-refractivity contribution in [2.75, 3.05) is 19.8 Å². The van der Waals surface area contributed by atoms with E-state index in [4.69, 9.17) is 14.2 Å². The van der Waals surface area contributed by atoms with E-state index < -0.39 is 6.10 Å². The van der Waals surface area contributed by atoms with Crippen LogP contribution < -0.4 is 4.74 Å². The van der Waals surface area contributed by atoms with Gasteiger partial charge in [-0.05, 0) is 57.0 Å². The maximum atomic E-state index is 12.0. The van der Waals surface area contributed by atoms with Crippen molar-refractivity contribution >= 4 is 5.97 Å². The summed E-state index contributed by atoms with van der Waals surface area (Å²) in [7, 11) is 0. The third-order valence-electron chi connectivity index (χ3n) is 4.50. The van der Waals surface area contributed by atoms with Crippen LogP contribution in [-0.4, -0.2) is 36.5 Å². The molecule has 0 radical (unpaired) electrons. The van der Waals surface area contributed by atoms with E-state index in [0.29, 0.717) is 26.2 Å². The lowest BCUT2D eigenvalue weighted by Gasteiger charge is -2.16. The monoisotopic (exact) mass is 373 g/mol. The molecular formula is C22H31NO4. The van der Waals surface area contributed by atoms with Crippen LogP contribution in [0.3, 0.4) is 0 Å². The number of ether oxygens (including phenoxy) is 3. The van der Waals surface area contributed by atoms with Crippen LogP contribution in [0.1, 0.15) is 37.7 Å². The largest absolute Gasteiger partial charge is 0.492 e. The van der Waals surface area contributed by atoms with Gasteiger partial charge in [0.25, 0.3) is 0 Å². The summed E-state index contributed by atoms with van der Waals surface area (Å²) in [4.78, 5) is 12.0. The molecule has 0 bridgehead atoms. The smallest absolute Gasteiger partial charge is 0.335 e. The maximum Gasteiger partial charge on any atom is 0.335 e. The number of benzene rings is 1. The summed E-state index contributed by atoms with van der Waals surface area (Å²) in [6.45, 7) is 10.2. The Bertz CT molecular complexity index is 706. The number of hydrogen-bond donors (Lipinski definition) is 0. The van der Waals surface area contributed by atoms with Gasteiger partial charge < -0.3 is 18.8 Å². The topological polar surface area (TPSA) is 49.7 Å². The highest BCUT2D eigenvalue weighted by molar-refractivity contribution is 5.75. The average Bonchev–Trinajstić information content (AvgIpc) is 3.03. The van der Waals surface area contributed by atoms with Gasteiger partial charge >= 0.3 is 5.97 Å². The summed E-state index contributed by atoms with van der Waals surface area (Å²) < 4.78 is 18.8. The number of aryl methyl sites for hydroxylation is 2. The summed E-state index contributed by atoms with van der Waals surface area (Å²) in [6.07, 6.45) is 0.949. The first-order valence-corrected chi connectivity index (χ1v) is 9.73. The van der Waals surface area contributed by atoms with Crippen LogP contribution in [0.5, 0.6) is 5.75 Å². The summed E-state index contributed by atoms with van der Waals surface area (Å²) in [6, 6.07) is 12.1. The van der Waals surface area contributed by atoms with Gasteiger partial charge in [-0.25, -0.2) is 4.79 Å². The fourth-order valence-electron chi connectivity index (χ4n) is 3.09. The zero-order chi connectivity index (χ0) is 19.6. The second-order valence-electron chi connectivity index (χ2n) is 6.36. The molecule has 148 valence electrons. The number of carbonyl (C=O) groups excluding carboxylic acids is 1. The van der Waals surface area contributed by atoms with E-state index in [2.05, 4.69) is 30.5 Å². The third-order valence-corrected chi connectivity index (χ3v) is 4.50. The number of nitrogens with zero attached hydrogens (tertiary/aromatic N) is 1. The number of hydrogen-bond acceptors (Lipinski definition) is 4. The van der Waals surface area contributed by atoms with Gasteiger partial charge in [-0.2, -0.15) is 0 Å². The summed E-state index contributed by atoms with van der Waals surface area (Å²) in [5.74, 6) is 0.513. The molecule has 2 rings (SSSR count). The SMILES string of the molecule is CCOC(=O)[C@H](Cc1ccc(OCCn2c(C)ccc2CC)cc1)OCC. The van der Waals surface area contributed by atoms with Crippen LogP contribution in [0.15, 0.2) is 36.4 Å². The molecule has 0 aliphatic heterocycles. The number of rotatable bonds is 11. The predicted octanol–water partition coefficient (Wildman–Crippen LogP) is 3.95. The van der Waals surface area contributed by atoms with E-state index in [-0.39, 0.29) is 5.97 Å². The first kappa shape index (κ1) is 21.0. The molecule has 0 N–H and O–H groups in total. The highest BCUT2D eigenvalue weighted by Gasteiger charge is 2.20. The molecule has 2 aromatic rings. The molecule has 0 spiro atoms. The molecule has 0 aliphatic carbocycles. The minimum atomic E-state index is -0.564. The van der Waals surface area contributed by atoms with Crippen molar-refractivity contribution in [2.24, 2.45) is 0 Å². The third kappa shape index (κ3) is 6.14. The molecule has 1 aromatic heterocycles. The molecule has 5 heteroatoms. The molecule has 0 saturated carbocycles. The normalized spacial score (nSPS) is 12.0. The number of esters is 1. The molecule has 1 heterocycles. The van der Waals surface area contributed by atoms with E-state index in [0.717, 1.165) is 24.3 Å².